The molecule has 158 valence electrons. The lowest BCUT2D eigenvalue weighted by atomic mass is 10.0. The minimum atomic E-state index is -1.19. The number of benzene rings is 3. The van der Waals surface area contributed by atoms with Crippen molar-refractivity contribution >= 4 is 44.6 Å². The number of fused-ring (bicyclic) bond motifs is 2. The molecule has 0 spiro atoms. The lowest BCUT2D eigenvalue weighted by molar-refractivity contribution is -0.125. The molecule has 4 aromatic rings. The van der Waals surface area contributed by atoms with E-state index >= 15 is 0 Å². The van der Waals surface area contributed by atoms with Gasteiger partial charge in [0.1, 0.15) is 5.82 Å². The summed E-state index contributed by atoms with van der Waals surface area (Å²) in [5.41, 5.74) is 2.54. The summed E-state index contributed by atoms with van der Waals surface area (Å²) in [4.78, 5) is 30.2. The Hall–Kier alpha value is -3.84. The first-order valence-electron chi connectivity index (χ1n) is 10.1. The van der Waals surface area contributed by atoms with E-state index in [9.17, 15) is 14.0 Å². The molecular weight excluding hydrogens is 425 g/mol. The molecular formula is C25H18FN3O2S. The van der Waals surface area contributed by atoms with Crippen molar-refractivity contribution in [2.24, 2.45) is 4.99 Å². The van der Waals surface area contributed by atoms with Crippen molar-refractivity contribution in [3.05, 3.63) is 101 Å². The largest absolute Gasteiger partial charge is 0.326 e. The van der Waals surface area contributed by atoms with Crippen LogP contribution in [0.2, 0.25) is 0 Å². The molecule has 32 heavy (non-hydrogen) atoms. The summed E-state index contributed by atoms with van der Waals surface area (Å²) in [6, 6.07) is 21.1. The van der Waals surface area contributed by atoms with Crippen LogP contribution < -0.4 is 10.6 Å². The molecule has 0 saturated carbocycles. The number of rotatable bonds is 4. The Morgan fingerprint density at radius 1 is 1.00 bits per heavy atom. The number of hydrogen-bond acceptors (Lipinski definition) is 4. The number of aliphatic imine (C=N–C) groups is 1. The summed E-state index contributed by atoms with van der Waals surface area (Å²) >= 11 is 1.61. The standard InChI is InChI=1S/C25H18FN3O2S/c26-19-9-3-1-7-17(19)23-18-8-2-4-10-20(18)27-25(31)24(29-23)28-22(30)14-15-6-5-11-21-16(15)12-13-32-21/h1-13,24H,14H2,(H,27,31)(H,28,30)/t24-/m0/s1. The van der Waals surface area contributed by atoms with Gasteiger partial charge < -0.3 is 10.6 Å². The molecule has 1 aliphatic heterocycles. The number of anilines is 1. The van der Waals surface area contributed by atoms with Crippen LogP contribution in [0.1, 0.15) is 16.7 Å². The molecule has 2 heterocycles. The van der Waals surface area contributed by atoms with E-state index in [1.54, 1.807) is 53.8 Å². The van der Waals surface area contributed by atoms with Gasteiger partial charge in [-0.15, -0.1) is 11.3 Å². The highest BCUT2D eigenvalue weighted by molar-refractivity contribution is 7.17. The maximum atomic E-state index is 14.6. The molecule has 7 heteroatoms. The highest BCUT2D eigenvalue weighted by atomic mass is 32.1. The van der Waals surface area contributed by atoms with Gasteiger partial charge in [0.15, 0.2) is 0 Å². The third-order valence-electron chi connectivity index (χ3n) is 5.31. The van der Waals surface area contributed by atoms with Crippen molar-refractivity contribution in [3.63, 3.8) is 0 Å². The highest BCUT2D eigenvalue weighted by Gasteiger charge is 2.28. The van der Waals surface area contributed by atoms with Crippen LogP contribution in [0, 0.1) is 5.82 Å². The van der Waals surface area contributed by atoms with Crippen molar-refractivity contribution in [3.8, 4) is 0 Å². The van der Waals surface area contributed by atoms with Gasteiger partial charge in [-0.25, -0.2) is 9.38 Å². The average molecular weight is 444 g/mol. The van der Waals surface area contributed by atoms with E-state index in [-0.39, 0.29) is 17.9 Å². The minimum absolute atomic E-state index is 0.107. The quantitative estimate of drug-likeness (QED) is 0.487. The van der Waals surface area contributed by atoms with Crippen molar-refractivity contribution in [2.75, 3.05) is 5.32 Å². The number of halogens is 1. The number of benzodiazepines with no additional fused rings is 1. The number of thiophene rings is 1. The van der Waals surface area contributed by atoms with Crippen molar-refractivity contribution in [2.45, 2.75) is 12.6 Å². The van der Waals surface area contributed by atoms with Crippen molar-refractivity contribution in [1.82, 2.24) is 5.32 Å². The summed E-state index contributed by atoms with van der Waals surface area (Å²) < 4.78 is 15.7. The Labute approximate surface area is 187 Å². The first kappa shape index (κ1) is 20.1. The second kappa shape index (κ2) is 8.36. The first-order valence-corrected chi connectivity index (χ1v) is 11.0. The van der Waals surface area contributed by atoms with Crippen LogP contribution in [0.25, 0.3) is 10.1 Å². The van der Waals surface area contributed by atoms with Gasteiger partial charge in [-0.1, -0.05) is 42.5 Å². The fraction of sp³-hybridized carbons (Fsp3) is 0.0800. The Morgan fingerprint density at radius 2 is 1.78 bits per heavy atom. The van der Waals surface area contributed by atoms with E-state index in [0.29, 0.717) is 17.0 Å². The maximum absolute atomic E-state index is 14.6. The molecule has 3 aromatic carbocycles. The van der Waals surface area contributed by atoms with Gasteiger partial charge in [0.05, 0.1) is 17.8 Å². The van der Waals surface area contributed by atoms with E-state index in [1.165, 1.54) is 6.07 Å². The number of para-hydroxylation sites is 1. The van der Waals surface area contributed by atoms with Gasteiger partial charge in [-0.05, 0) is 46.7 Å². The number of carbonyl (C=O) groups excluding carboxylic acids is 2. The second-order valence-corrected chi connectivity index (χ2v) is 8.34. The van der Waals surface area contributed by atoms with Gasteiger partial charge in [0, 0.05) is 15.8 Å². The normalized spacial score (nSPS) is 15.5. The SMILES string of the molecule is O=C(Cc1cccc2sccc12)N[C@H]1N=C(c2ccccc2F)c2ccccc2NC1=O. The molecule has 5 rings (SSSR count). The highest BCUT2D eigenvalue weighted by Crippen LogP contribution is 2.26. The third kappa shape index (κ3) is 3.78. The zero-order valence-electron chi connectivity index (χ0n) is 16.8. The summed E-state index contributed by atoms with van der Waals surface area (Å²) in [5, 5.41) is 8.50. The fourth-order valence-corrected chi connectivity index (χ4v) is 4.64. The van der Waals surface area contributed by atoms with E-state index in [0.717, 1.165) is 15.6 Å². The Bertz CT molecular complexity index is 1380. The van der Waals surface area contributed by atoms with Gasteiger partial charge in [-0.2, -0.15) is 0 Å². The molecule has 0 aliphatic carbocycles. The molecule has 1 atom stereocenters. The van der Waals surface area contributed by atoms with Crippen LogP contribution in [-0.2, 0) is 16.0 Å². The zero-order chi connectivity index (χ0) is 22.1. The van der Waals surface area contributed by atoms with Crippen LogP contribution in [0.4, 0.5) is 10.1 Å². The smallest absolute Gasteiger partial charge is 0.269 e. The Morgan fingerprint density at radius 3 is 2.62 bits per heavy atom. The lowest BCUT2D eigenvalue weighted by Gasteiger charge is -2.14. The molecule has 0 unspecified atom stereocenters. The Kier molecular flexibility index (Phi) is 5.25. The molecule has 0 radical (unpaired) electrons. The van der Waals surface area contributed by atoms with Crippen LogP contribution in [0.5, 0.6) is 0 Å². The van der Waals surface area contributed by atoms with Gasteiger partial charge in [0.2, 0.25) is 12.1 Å². The average Bonchev–Trinajstić information content (AvgIpc) is 3.23. The molecule has 0 saturated heterocycles. The summed E-state index contributed by atoms with van der Waals surface area (Å²) in [7, 11) is 0. The van der Waals surface area contributed by atoms with Crippen molar-refractivity contribution in [1.29, 1.82) is 0 Å². The molecule has 1 aliphatic rings. The van der Waals surface area contributed by atoms with E-state index in [2.05, 4.69) is 15.6 Å². The number of hydrogen-bond donors (Lipinski definition) is 2. The fourth-order valence-electron chi connectivity index (χ4n) is 3.81. The number of amides is 2. The monoisotopic (exact) mass is 443 g/mol. The van der Waals surface area contributed by atoms with Gasteiger partial charge >= 0.3 is 0 Å². The molecule has 0 bridgehead atoms. The predicted octanol–water partition coefficient (Wildman–Crippen LogP) is 4.51. The topological polar surface area (TPSA) is 70.6 Å². The van der Waals surface area contributed by atoms with Gasteiger partial charge in [0.25, 0.3) is 5.91 Å². The van der Waals surface area contributed by atoms with E-state index in [4.69, 9.17) is 0 Å². The summed E-state index contributed by atoms with van der Waals surface area (Å²) in [6.45, 7) is 0. The van der Waals surface area contributed by atoms with Crippen LogP contribution in [0.3, 0.4) is 0 Å². The maximum Gasteiger partial charge on any atom is 0.269 e. The number of nitrogens with zero attached hydrogens (tertiary/aromatic N) is 1. The predicted molar refractivity (Wildman–Crippen MR) is 125 cm³/mol. The second-order valence-electron chi connectivity index (χ2n) is 7.39. The summed E-state index contributed by atoms with van der Waals surface area (Å²) in [5.74, 6) is -1.28. The lowest BCUT2D eigenvalue weighted by Crippen LogP contribution is -2.43. The molecule has 0 fully saturated rings. The van der Waals surface area contributed by atoms with Gasteiger partial charge in [-0.3, -0.25) is 9.59 Å². The Balaban J connectivity index is 1.49. The number of carbonyl (C=O) groups is 2. The molecule has 1 aromatic heterocycles. The minimum Gasteiger partial charge on any atom is -0.326 e. The molecule has 5 nitrogen and oxygen atoms in total. The van der Waals surface area contributed by atoms with Crippen LogP contribution in [0.15, 0.2) is 83.2 Å². The zero-order valence-corrected chi connectivity index (χ0v) is 17.7. The first-order chi connectivity index (χ1) is 15.6. The summed E-state index contributed by atoms with van der Waals surface area (Å²) in [6.07, 6.45) is -1.08. The van der Waals surface area contributed by atoms with Crippen LogP contribution in [-0.4, -0.2) is 23.7 Å². The third-order valence-corrected chi connectivity index (χ3v) is 6.19. The van der Waals surface area contributed by atoms with Crippen molar-refractivity contribution < 1.29 is 14.0 Å². The number of nitrogens with one attached hydrogen (secondary N) is 2. The molecule has 2 N–H and O–H groups in total. The van der Waals surface area contributed by atoms with E-state index < -0.39 is 17.9 Å². The van der Waals surface area contributed by atoms with Crippen LogP contribution >= 0.6 is 11.3 Å². The molecule has 2 amide bonds. The van der Waals surface area contributed by atoms with E-state index in [1.807, 2.05) is 29.6 Å².